The number of rotatable bonds is 6. The van der Waals surface area contributed by atoms with Crippen LogP contribution in [-0.2, 0) is 26.8 Å². The van der Waals surface area contributed by atoms with Gasteiger partial charge in [-0.15, -0.1) is 0 Å². The first kappa shape index (κ1) is 23.1. The highest BCUT2D eigenvalue weighted by Gasteiger charge is 2.35. The van der Waals surface area contributed by atoms with E-state index in [1.165, 1.54) is 10.7 Å². The topological polar surface area (TPSA) is 99.9 Å². The normalized spacial score (nSPS) is 20.1. The first-order valence-corrected chi connectivity index (χ1v) is 12.3. The summed E-state index contributed by atoms with van der Waals surface area (Å²) in [6.45, 7) is 7.51. The first-order chi connectivity index (χ1) is 14.1. The summed E-state index contributed by atoms with van der Waals surface area (Å²) in [7, 11) is -1.79. The third kappa shape index (κ3) is 5.39. The Morgan fingerprint density at radius 1 is 1.13 bits per heavy atom. The van der Waals surface area contributed by atoms with E-state index in [0.29, 0.717) is 44.3 Å². The number of hydrogen-bond acceptors (Lipinski definition) is 6. The van der Waals surface area contributed by atoms with Crippen LogP contribution in [-0.4, -0.2) is 77.2 Å². The van der Waals surface area contributed by atoms with Crippen LogP contribution < -0.4 is 0 Å². The van der Waals surface area contributed by atoms with Crippen LogP contribution in [0.25, 0.3) is 0 Å². The van der Waals surface area contributed by atoms with Gasteiger partial charge >= 0.3 is 0 Å². The van der Waals surface area contributed by atoms with Crippen molar-refractivity contribution in [3.8, 4) is 0 Å². The molecular weight excluding hydrogens is 406 g/mol. The average Bonchev–Trinajstić information content (AvgIpc) is 3.22. The molecule has 0 atom stereocenters. The summed E-state index contributed by atoms with van der Waals surface area (Å²) in [6.07, 6.45) is 5.90. The van der Waals surface area contributed by atoms with E-state index < -0.39 is 10.2 Å². The maximum atomic E-state index is 13.0. The Balaban J connectivity index is 1.48. The van der Waals surface area contributed by atoms with Crippen molar-refractivity contribution in [2.45, 2.75) is 77.2 Å². The Bertz CT molecular complexity index is 818. The second kappa shape index (κ2) is 9.32. The Morgan fingerprint density at radius 3 is 2.33 bits per heavy atom. The second-order valence-electron chi connectivity index (χ2n) is 9.36. The molecule has 170 valence electrons. The van der Waals surface area contributed by atoms with Crippen LogP contribution in [0.15, 0.2) is 4.52 Å². The van der Waals surface area contributed by atoms with Crippen LogP contribution in [0, 0.1) is 0 Å². The van der Waals surface area contributed by atoms with E-state index in [-0.39, 0.29) is 23.8 Å². The highest BCUT2D eigenvalue weighted by Crippen LogP contribution is 2.25. The molecule has 2 heterocycles. The molecule has 2 fully saturated rings. The molecule has 1 aromatic rings. The van der Waals surface area contributed by atoms with Gasteiger partial charge in [-0.25, -0.2) is 0 Å². The van der Waals surface area contributed by atoms with Gasteiger partial charge in [-0.1, -0.05) is 45.2 Å². The molecule has 10 heteroatoms. The quantitative estimate of drug-likeness (QED) is 0.669. The summed E-state index contributed by atoms with van der Waals surface area (Å²) in [4.78, 5) is 18.7. The molecule has 0 aromatic carbocycles. The van der Waals surface area contributed by atoms with E-state index in [1.807, 2.05) is 20.8 Å². The number of aryl methyl sites for hydroxylation is 1. The lowest BCUT2D eigenvalue weighted by atomic mass is 9.96. The van der Waals surface area contributed by atoms with Gasteiger partial charge in [0.05, 0.1) is 0 Å². The molecular formula is C20H35N5O4S. The van der Waals surface area contributed by atoms with Gasteiger partial charge in [-0.05, 0) is 12.8 Å². The molecule has 1 aromatic heterocycles. The molecule has 3 rings (SSSR count). The van der Waals surface area contributed by atoms with Crippen molar-refractivity contribution < 1.29 is 17.7 Å². The van der Waals surface area contributed by atoms with Gasteiger partial charge in [-0.2, -0.15) is 22.0 Å². The highest BCUT2D eigenvalue weighted by atomic mass is 32.2. The molecule has 30 heavy (non-hydrogen) atoms. The number of carbonyl (C=O) groups is 1. The van der Waals surface area contributed by atoms with Gasteiger partial charge in [0.2, 0.25) is 11.8 Å². The van der Waals surface area contributed by atoms with Crippen LogP contribution in [0.3, 0.4) is 0 Å². The van der Waals surface area contributed by atoms with E-state index in [2.05, 4.69) is 10.1 Å². The number of aromatic nitrogens is 2. The van der Waals surface area contributed by atoms with Crippen molar-refractivity contribution in [3.63, 3.8) is 0 Å². The lowest BCUT2D eigenvalue weighted by Crippen LogP contribution is -2.55. The molecule has 1 saturated carbocycles. The fourth-order valence-electron chi connectivity index (χ4n) is 4.02. The van der Waals surface area contributed by atoms with Crippen molar-refractivity contribution in [1.29, 1.82) is 0 Å². The summed E-state index contributed by atoms with van der Waals surface area (Å²) in [5.41, 5.74) is -0.196. The molecule has 0 radical (unpaired) electrons. The van der Waals surface area contributed by atoms with Crippen LogP contribution in [0.5, 0.6) is 0 Å². The van der Waals surface area contributed by atoms with Crippen molar-refractivity contribution >= 4 is 16.1 Å². The van der Waals surface area contributed by atoms with Gasteiger partial charge in [0.25, 0.3) is 10.2 Å². The zero-order chi connectivity index (χ0) is 21.9. The summed E-state index contributed by atoms with van der Waals surface area (Å²) in [5, 5.41) is 3.98. The summed E-state index contributed by atoms with van der Waals surface area (Å²) in [6, 6.07) is 0.0933. The minimum absolute atomic E-state index is 0.0109. The molecule has 0 unspecified atom stereocenters. The minimum Gasteiger partial charge on any atom is -0.340 e. The lowest BCUT2D eigenvalue weighted by Gasteiger charge is -2.38. The standard InChI is InChI=1S/C20H35N5O4S/c1-20(2,3)19-21-17(29-22-19)10-11-18(26)24-12-14-25(15-13-24)30(27,28)23(4)16-8-6-5-7-9-16/h16H,5-15H2,1-4H3. The molecule has 0 spiro atoms. The van der Waals surface area contributed by atoms with Crippen LogP contribution in [0.1, 0.15) is 71.0 Å². The van der Waals surface area contributed by atoms with Crippen molar-refractivity contribution in [2.75, 3.05) is 33.2 Å². The van der Waals surface area contributed by atoms with Crippen LogP contribution >= 0.6 is 0 Å². The fourth-order valence-corrected chi connectivity index (χ4v) is 5.59. The third-order valence-electron chi connectivity index (χ3n) is 6.06. The lowest BCUT2D eigenvalue weighted by molar-refractivity contribution is -0.132. The van der Waals surface area contributed by atoms with Crippen LogP contribution in [0.4, 0.5) is 0 Å². The van der Waals surface area contributed by atoms with Crippen molar-refractivity contribution in [1.82, 2.24) is 23.7 Å². The van der Waals surface area contributed by atoms with E-state index >= 15 is 0 Å². The van der Waals surface area contributed by atoms with Gasteiger partial charge in [0.1, 0.15) is 0 Å². The van der Waals surface area contributed by atoms with Gasteiger partial charge < -0.3 is 9.42 Å². The molecule has 9 nitrogen and oxygen atoms in total. The highest BCUT2D eigenvalue weighted by molar-refractivity contribution is 7.86. The third-order valence-corrected chi connectivity index (χ3v) is 8.11. The molecule has 1 saturated heterocycles. The predicted octanol–water partition coefficient (Wildman–Crippen LogP) is 1.95. The summed E-state index contributed by atoms with van der Waals surface area (Å²) < 4.78 is 34.3. The fraction of sp³-hybridized carbons (Fsp3) is 0.850. The zero-order valence-electron chi connectivity index (χ0n) is 18.6. The predicted molar refractivity (Wildman–Crippen MR) is 113 cm³/mol. The molecule has 0 bridgehead atoms. The summed E-state index contributed by atoms with van der Waals surface area (Å²) in [5.74, 6) is 1.08. The molecule has 2 aliphatic rings. The Morgan fingerprint density at radius 2 is 1.77 bits per heavy atom. The Labute approximate surface area is 180 Å². The number of piperazine rings is 1. The van der Waals surface area contributed by atoms with Gasteiger partial charge in [-0.3, -0.25) is 4.79 Å². The van der Waals surface area contributed by atoms with E-state index in [9.17, 15) is 13.2 Å². The minimum atomic E-state index is -3.48. The van der Waals surface area contributed by atoms with E-state index in [1.54, 1.807) is 16.3 Å². The largest absolute Gasteiger partial charge is 0.340 e. The number of hydrogen-bond donors (Lipinski definition) is 0. The van der Waals surface area contributed by atoms with Crippen molar-refractivity contribution in [3.05, 3.63) is 11.7 Å². The SMILES string of the molecule is CN(C1CCCCC1)S(=O)(=O)N1CCN(C(=O)CCc2nc(C(C)(C)C)no2)CC1. The van der Waals surface area contributed by atoms with Gasteiger partial charge in [0, 0.05) is 57.5 Å². The Hall–Kier alpha value is -1.52. The monoisotopic (exact) mass is 441 g/mol. The number of carbonyl (C=O) groups excluding carboxylic acids is 1. The van der Waals surface area contributed by atoms with E-state index in [0.717, 1.165) is 25.7 Å². The van der Waals surface area contributed by atoms with Crippen LogP contribution in [0.2, 0.25) is 0 Å². The summed E-state index contributed by atoms with van der Waals surface area (Å²) >= 11 is 0. The second-order valence-corrected chi connectivity index (χ2v) is 11.3. The zero-order valence-corrected chi connectivity index (χ0v) is 19.4. The molecule has 0 N–H and O–H groups in total. The van der Waals surface area contributed by atoms with E-state index in [4.69, 9.17) is 4.52 Å². The molecule has 1 aliphatic carbocycles. The molecule has 1 amide bonds. The molecule has 1 aliphatic heterocycles. The Kier molecular flexibility index (Phi) is 7.19. The maximum absolute atomic E-state index is 13.0. The average molecular weight is 442 g/mol. The number of amides is 1. The van der Waals surface area contributed by atoms with Gasteiger partial charge in [0.15, 0.2) is 5.82 Å². The van der Waals surface area contributed by atoms with Crippen molar-refractivity contribution in [2.24, 2.45) is 0 Å². The maximum Gasteiger partial charge on any atom is 0.282 e. The number of nitrogens with zero attached hydrogens (tertiary/aromatic N) is 5. The first-order valence-electron chi connectivity index (χ1n) is 10.9. The smallest absolute Gasteiger partial charge is 0.282 e.